The molecular weight excluding hydrogens is 436 g/mol. The topological polar surface area (TPSA) is 86.3 Å². The van der Waals surface area contributed by atoms with Gasteiger partial charge < -0.3 is 15.2 Å². The molecule has 5 rings (SSSR count). The fourth-order valence-electron chi connectivity index (χ4n) is 4.38. The van der Waals surface area contributed by atoms with Crippen molar-refractivity contribution in [1.82, 2.24) is 24.8 Å². The highest BCUT2D eigenvalue weighted by atomic mass is 32.1. The third-order valence-corrected chi connectivity index (χ3v) is 6.98. The molecular formula is C24H28N6O2S. The first kappa shape index (κ1) is 21.8. The molecule has 0 unspecified atom stereocenters. The van der Waals surface area contributed by atoms with E-state index < -0.39 is 0 Å². The second-order valence-corrected chi connectivity index (χ2v) is 9.30. The minimum Gasteiger partial charge on any atom is -0.368 e. The highest BCUT2D eigenvalue weighted by molar-refractivity contribution is 7.71. The molecule has 1 aliphatic carbocycles. The van der Waals surface area contributed by atoms with E-state index in [0.717, 1.165) is 61.4 Å². The zero-order chi connectivity index (χ0) is 22.9. The summed E-state index contributed by atoms with van der Waals surface area (Å²) >= 11 is 5.62. The van der Waals surface area contributed by atoms with Crippen molar-refractivity contribution in [1.29, 1.82) is 0 Å². The average Bonchev–Trinajstić information content (AvgIpc) is 3.66. The number of aromatic amines is 1. The zero-order valence-corrected chi connectivity index (χ0v) is 19.5. The number of carbonyl (C=O) groups is 1. The molecule has 9 heteroatoms. The van der Waals surface area contributed by atoms with Crippen LogP contribution in [0.1, 0.15) is 28.9 Å². The number of carbonyl (C=O) groups excluding carboxylic acids is 1. The van der Waals surface area contributed by atoms with Crippen molar-refractivity contribution in [2.45, 2.75) is 25.9 Å². The van der Waals surface area contributed by atoms with Gasteiger partial charge in [0.2, 0.25) is 0 Å². The van der Waals surface area contributed by atoms with Crippen LogP contribution in [0, 0.1) is 10.6 Å². The molecule has 1 aromatic carbocycles. The highest BCUT2D eigenvalue weighted by Crippen LogP contribution is 2.30. The van der Waals surface area contributed by atoms with Crippen LogP contribution < -0.4 is 15.9 Å². The molecule has 33 heavy (non-hydrogen) atoms. The number of piperazine rings is 1. The second-order valence-electron chi connectivity index (χ2n) is 8.91. The van der Waals surface area contributed by atoms with Crippen molar-refractivity contribution in [3.8, 4) is 0 Å². The lowest BCUT2D eigenvalue weighted by atomic mass is 10.1. The molecule has 1 amide bonds. The molecule has 0 bridgehead atoms. The Morgan fingerprint density at radius 1 is 1.18 bits per heavy atom. The van der Waals surface area contributed by atoms with Crippen molar-refractivity contribution >= 4 is 34.7 Å². The summed E-state index contributed by atoms with van der Waals surface area (Å²) in [7, 11) is 1.60. The van der Waals surface area contributed by atoms with Gasteiger partial charge in [-0.1, -0.05) is 18.3 Å². The van der Waals surface area contributed by atoms with Gasteiger partial charge in [-0.05, 0) is 48.6 Å². The molecule has 8 nitrogen and oxygen atoms in total. The summed E-state index contributed by atoms with van der Waals surface area (Å²) in [6.07, 6.45) is 4.13. The Morgan fingerprint density at radius 3 is 2.64 bits per heavy atom. The molecule has 0 spiro atoms. The number of benzene rings is 1. The molecule has 1 saturated carbocycles. The maximum absolute atomic E-state index is 12.6. The smallest absolute Gasteiger partial charge is 0.327 e. The van der Waals surface area contributed by atoms with Crippen LogP contribution in [0.2, 0.25) is 0 Å². The van der Waals surface area contributed by atoms with Gasteiger partial charge in [0.15, 0.2) is 0 Å². The number of pyridine rings is 1. The summed E-state index contributed by atoms with van der Waals surface area (Å²) in [5.41, 5.74) is 3.33. The average molecular weight is 465 g/mol. The third-order valence-electron chi connectivity index (χ3n) is 6.54. The van der Waals surface area contributed by atoms with Crippen molar-refractivity contribution in [3.63, 3.8) is 0 Å². The third kappa shape index (κ3) is 4.69. The summed E-state index contributed by atoms with van der Waals surface area (Å²) in [5, 5.41) is 3.53. The summed E-state index contributed by atoms with van der Waals surface area (Å²) in [5.74, 6) is 0.418. The number of anilines is 1. The Balaban J connectivity index is 1.24. The van der Waals surface area contributed by atoms with Gasteiger partial charge in [0.1, 0.15) is 10.3 Å². The van der Waals surface area contributed by atoms with Gasteiger partial charge in [0, 0.05) is 51.7 Å². The van der Waals surface area contributed by atoms with Crippen LogP contribution in [-0.4, -0.2) is 58.6 Å². The first-order valence-corrected chi connectivity index (χ1v) is 11.8. The molecule has 0 atom stereocenters. The van der Waals surface area contributed by atoms with Crippen LogP contribution >= 0.6 is 12.2 Å². The van der Waals surface area contributed by atoms with E-state index in [1.54, 1.807) is 23.9 Å². The molecule has 2 aromatic heterocycles. The van der Waals surface area contributed by atoms with Crippen molar-refractivity contribution in [3.05, 3.63) is 62.9 Å². The van der Waals surface area contributed by atoms with E-state index >= 15 is 0 Å². The Morgan fingerprint density at radius 2 is 1.97 bits per heavy atom. The number of amides is 1. The molecule has 2 N–H and O–H groups in total. The monoisotopic (exact) mass is 464 g/mol. The van der Waals surface area contributed by atoms with Gasteiger partial charge in [-0.25, -0.2) is 9.78 Å². The number of nitrogens with one attached hydrogen (secondary N) is 2. The number of hydrogen-bond acceptors (Lipinski definition) is 6. The largest absolute Gasteiger partial charge is 0.368 e. The lowest BCUT2D eigenvalue weighted by Gasteiger charge is -2.36. The molecule has 3 heterocycles. The quantitative estimate of drug-likeness (QED) is 0.546. The van der Waals surface area contributed by atoms with Gasteiger partial charge in [-0.15, -0.1) is 0 Å². The lowest BCUT2D eigenvalue weighted by Crippen LogP contribution is -2.46. The van der Waals surface area contributed by atoms with E-state index in [4.69, 9.17) is 12.2 Å². The summed E-state index contributed by atoms with van der Waals surface area (Å²) in [6, 6.07) is 9.93. The normalized spacial score (nSPS) is 16.8. The van der Waals surface area contributed by atoms with Gasteiger partial charge >= 0.3 is 5.69 Å². The molecule has 3 aromatic rings. The molecule has 0 radical (unpaired) electrons. The lowest BCUT2D eigenvalue weighted by molar-refractivity contribution is 0.0958. The van der Waals surface area contributed by atoms with E-state index in [2.05, 4.69) is 37.2 Å². The summed E-state index contributed by atoms with van der Waals surface area (Å²) in [6.45, 7) is 5.18. The number of H-pyrrole nitrogens is 1. The number of aromatic nitrogens is 3. The van der Waals surface area contributed by atoms with Crippen LogP contribution in [0.25, 0.3) is 10.9 Å². The zero-order valence-electron chi connectivity index (χ0n) is 18.7. The minimum atomic E-state index is -0.177. The van der Waals surface area contributed by atoms with E-state index in [0.29, 0.717) is 16.3 Å². The van der Waals surface area contributed by atoms with Crippen molar-refractivity contribution in [2.24, 2.45) is 5.92 Å². The maximum atomic E-state index is 12.6. The van der Waals surface area contributed by atoms with Gasteiger partial charge in [0.05, 0.1) is 17.4 Å². The molecule has 172 valence electrons. The van der Waals surface area contributed by atoms with Crippen molar-refractivity contribution in [2.75, 3.05) is 38.1 Å². The van der Waals surface area contributed by atoms with Crippen LogP contribution in [0.5, 0.6) is 0 Å². The second kappa shape index (κ2) is 9.07. The van der Waals surface area contributed by atoms with Gasteiger partial charge in [0.25, 0.3) is 5.91 Å². The van der Waals surface area contributed by atoms with E-state index in [1.807, 2.05) is 12.1 Å². The van der Waals surface area contributed by atoms with Gasteiger partial charge in [-0.2, -0.15) is 0 Å². The Labute approximate surface area is 197 Å². The maximum Gasteiger partial charge on any atom is 0.327 e. The fourth-order valence-corrected chi connectivity index (χ4v) is 4.72. The summed E-state index contributed by atoms with van der Waals surface area (Å²) < 4.78 is 2.35. The minimum absolute atomic E-state index is 0.110. The number of fused-ring (bicyclic) bond motifs is 1. The summed E-state index contributed by atoms with van der Waals surface area (Å²) in [4.78, 5) is 36.2. The van der Waals surface area contributed by atoms with E-state index in [9.17, 15) is 9.59 Å². The predicted molar refractivity (Wildman–Crippen MR) is 131 cm³/mol. The van der Waals surface area contributed by atoms with Gasteiger partial charge in [-0.3, -0.25) is 14.3 Å². The van der Waals surface area contributed by atoms with E-state index in [-0.39, 0.29) is 11.6 Å². The number of rotatable bonds is 6. The fraction of sp³-hybridized carbons (Fsp3) is 0.417. The molecule has 1 aliphatic heterocycles. The molecule has 1 saturated heterocycles. The molecule has 2 aliphatic rings. The standard InChI is InChI=1S/C24H28N6O2S/c1-25-22(31)20-7-5-18(13-26-20)29-10-8-28(9-11-29)14-17-4-6-19-21(12-17)27-24(32)30(23(19)33)15-16-2-3-16/h4-7,12-13,16H,2-3,8-11,14-15H2,1H3,(H,25,31)(H,27,32). The van der Waals surface area contributed by atoms with Crippen LogP contribution in [0.15, 0.2) is 41.3 Å². The van der Waals surface area contributed by atoms with Crippen LogP contribution in [-0.2, 0) is 13.1 Å². The molecule has 2 fully saturated rings. The number of hydrogen-bond donors (Lipinski definition) is 2. The van der Waals surface area contributed by atoms with Crippen LogP contribution in [0.3, 0.4) is 0 Å². The van der Waals surface area contributed by atoms with E-state index in [1.165, 1.54) is 12.8 Å². The van der Waals surface area contributed by atoms with Crippen LogP contribution in [0.4, 0.5) is 5.69 Å². The SMILES string of the molecule is CNC(=O)c1ccc(N2CCN(Cc3ccc4c(=S)n(CC5CC5)c(=O)[nH]c4c3)CC2)cn1. The Bertz CT molecular complexity index is 1290. The Kier molecular flexibility index (Phi) is 5.99. The highest BCUT2D eigenvalue weighted by Gasteiger charge is 2.23. The van der Waals surface area contributed by atoms with Crippen molar-refractivity contribution < 1.29 is 4.79 Å². The predicted octanol–water partition coefficient (Wildman–Crippen LogP) is 2.55. The first-order valence-electron chi connectivity index (χ1n) is 11.4. The first-order chi connectivity index (χ1) is 16.0. The number of nitrogens with zero attached hydrogens (tertiary/aromatic N) is 4. The Hall–Kier alpha value is -3.04.